The summed E-state index contributed by atoms with van der Waals surface area (Å²) in [6.07, 6.45) is 2.49. The molecule has 0 amide bonds. The molecule has 4 nitrogen and oxygen atoms in total. The van der Waals surface area contributed by atoms with Crippen LogP contribution in [0.1, 0.15) is 31.7 Å². The second-order valence-corrected chi connectivity index (χ2v) is 7.38. The Morgan fingerprint density at radius 2 is 1.90 bits per heavy atom. The molecule has 1 aromatic carbocycles. The van der Waals surface area contributed by atoms with E-state index in [1.54, 1.807) is 0 Å². The van der Waals surface area contributed by atoms with Gasteiger partial charge in [-0.2, -0.15) is 0 Å². The van der Waals surface area contributed by atoms with E-state index < -0.39 is 7.37 Å². The Kier molecular flexibility index (Phi) is 8.79. The largest absolute Gasteiger partial charge is 0.386 e. The Bertz CT molecular complexity index is 394. The molecular weight excluding hydrogens is 275 g/mol. The van der Waals surface area contributed by atoms with E-state index in [-0.39, 0.29) is 6.35 Å². The second-order valence-electron chi connectivity index (χ2n) is 4.76. The number of hydrogen-bond acceptors (Lipinski definition) is 4. The van der Waals surface area contributed by atoms with Crippen molar-refractivity contribution >= 4 is 7.37 Å². The zero-order valence-corrected chi connectivity index (χ0v) is 13.1. The number of unbranched alkanes of at least 4 members (excludes halogenated alkanes) is 1. The summed E-state index contributed by atoms with van der Waals surface area (Å²) in [6, 6.07) is 9.92. The van der Waals surface area contributed by atoms with Crippen LogP contribution >= 0.6 is 7.37 Å². The zero-order chi connectivity index (χ0) is 14.7. The molecule has 114 valence electrons. The lowest BCUT2D eigenvalue weighted by molar-refractivity contribution is 0.121. The van der Waals surface area contributed by atoms with Crippen LogP contribution in [0, 0.1) is 0 Å². The molecule has 0 heterocycles. The summed E-state index contributed by atoms with van der Waals surface area (Å²) in [6.45, 7) is 3.58. The monoisotopic (exact) mass is 300 g/mol. The molecule has 0 aliphatic rings. The Balaban J connectivity index is 2.16. The van der Waals surface area contributed by atoms with Crippen LogP contribution < -0.4 is 0 Å². The summed E-state index contributed by atoms with van der Waals surface area (Å²) < 4.78 is 23.0. The topological polar surface area (TPSA) is 55.8 Å². The second kappa shape index (κ2) is 10.1. The lowest BCUT2D eigenvalue weighted by atomic mass is 10.2. The van der Waals surface area contributed by atoms with Crippen LogP contribution in [0.3, 0.4) is 0 Å². The van der Waals surface area contributed by atoms with E-state index in [0.29, 0.717) is 32.4 Å². The third-order valence-electron chi connectivity index (χ3n) is 2.94. The minimum atomic E-state index is -2.87. The fraction of sp³-hybridized carbons (Fsp3) is 0.600. The van der Waals surface area contributed by atoms with Crippen molar-refractivity contribution in [2.24, 2.45) is 0 Å². The Morgan fingerprint density at radius 3 is 2.55 bits per heavy atom. The standard InChI is InChI=1S/C15H25O4P/c1-2-3-11-19-20(17,14-16)12-7-10-18-13-15-8-5-4-6-9-15/h4-6,8-9,16H,2-3,7,10-14H2,1H3. The SMILES string of the molecule is CCCCOP(=O)(CO)CCCOCc1ccccc1. The van der Waals surface area contributed by atoms with Crippen LogP contribution in [-0.4, -0.2) is 30.8 Å². The molecule has 1 atom stereocenters. The maximum atomic E-state index is 12.2. The normalized spacial score (nSPS) is 14.1. The van der Waals surface area contributed by atoms with Gasteiger partial charge in [-0.3, -0.25) is 4.57 Å². The van der Waals surface area contributed by atoms with Gasteiger partial charge in [0.2, 0.25) is 7.37 Å². The van der Waals surface area contributed by atoms with E-state index in [1.165, 1.54) is 0 Å². The Morgan fingerprint density at radius 1 is 1.15 bits per heavy atom. The van der Waals surface area contributed by atoms with Crippen molar-refractivity contribution in [3.63, 3.8) is 0 Å². The molecule has 0 fully saturated rings. The predicted molar refractivity (Wildman–Crippen MR) is 81.1 cm³/mol. The van der Waals surface area contributed by atoms with Crippen molar-refractivity contribution in [2.75, 3.05) is 25.7 Å². The molecule has 20 heavy (non-hydrogen) atoms. The molecule has 0 aliphatic heterocycles. The first-order valence-electron chi connectivity index (χ1n) is 7.15. The first-order valence-corrected chi connectivity index (χ1v) is 9.15. The highest BCUT2D eigenvalue weighted by Crippen LogP contribution is 2.46. The van der Waals surface area contributed by atoms with Gasteiger partial charge in [0.05, 0.1) is 13.2 Å². The van der Waals surface area contributed by atoms with Gasteiger partial charge in [-0.05, 0) is 18.4 Å². The molecule has 0 aromatic heterocycles. The highest BCUT2D eigenvalue weighted by Gasteiger charge is 2.21. The first-order chi connectivity index (χ1) is 9.70. The minimum absolute atomic E-state index is 0.377. The van der Waals surface area contributed by atoms with E-state index in [2.05, 4.69) is 0 Å². The third kappa shape index (κ3) is 7.20. The fourth-order valence-electron chi connectivity index (χ4n) is 1.72. The molecule has 0 aliphatic carbocycles. The summed E-state index contributed by atoms with van der Waals surface area (Å²) in [4.78, 5) is 0. The van der Waals surface area contributed by atoms with Crippen molar-refractivity contribution in [3.8, 4) is 0 Å². The van der Waals surface area contributed by atoms with Crippen LogP contribution in [0.5, 0.6) is 0 Å². The van der Waals surface area contributed by atoms with E-state index in [9.17, 15) is 9.67 Å². The minimum Gasteiger partial charge on any atom is -0.386 e. The molecule has 0 bridgehead atoms. The van der Waals surface area contributed by atoms with E-state index in [0.717, 1.165) is 18.4 Å². The van der Waals surface area contributed by atoms with Crippen molar-refractivity contribution in [2.45, 2.75) is 32.8 Å². The molecular formula is C15H25O4P. The maximum absolute atomic E-state index is 12.2. The van der Waals surface area contributed by atoms with Gasteiger partial charge in [-0.15, -0.1) is 0 Å². The van der Waals surface area contributed by atoms with E-state index in [1.807, 2.05) is 37.3 Å². The molecule has 0 saturated carbocycles. The molecule has 0 spiro atoms. The lowest BCUT2D eigenvalue weighted by Crippen LogP contribution is -2.04. The van der Waals surface area contributed by atoms with Gasteiger partial charge >= 0.3 is 0 Å². The molecule has 1 rings (SSSR count). The number of hydrogen-bond donors (Lipinski definition) is 1. The number of rotatable bonds is 11. The van der Waals surface area contributed by atoms with Gasteiger partial charge < -0.3 is 14.4 Å². The number of benzene rings is 1. The molecule has 1 unspecified atom stereocenters. The highest BCUT2D eigenvalue weighted by atomic mass is 31.2. The smallest absolute Gasteiger partial charge is 0.227 e. The maximum Gasteiger partial charge on any atom is 0.227 e. The van der Waals surface area contributed by atoms with Gasteiger partial charge in [0.25, 0.3) is 0 Å². The summed E-state index contributed by atoms with van der Waals surface area (Å²) >= 11 is 0. The first kappa shape index (κ1) is 17.4. The van der Waals surface area contributed by atoms with Gasteiger partial charge in [0.15, 0.2) is 0 Å². The molecule has 1 N–H and O–H groups in total. The molecule has 0 saturated heterocycles. The third-order valence-corrected chi connectivity index (χ3v) is 5.02. The van der Waals surface area contributed by atoms with Gasteiger partial charge in [0.1, 0.15) is 6.35 Å². The van der Waals surface area contributed by atoms with Crippen LogP contribution in [0.25, 0.3) is 0 Å². The summed E-state index contributed by atoms with van der Waals surface area (Å²) in [5.41, 5.74) is 1.12. The quantitative estimate of drug-likeness (QED) is 0.501. The van der Waals surface area contributed by atoms with E-state index in [4.69, 9.17) is 9.26 Å². The van der Waals surface area contributed by atoms with Crippen LogP contribution in [0.4, 0.5) is 0 Å². The highest BCUT2D eigenvalue weighted by molar-refractivity contribution is 7.58. The predicted octanol–water partition coefficient (Wildman–Crippen LogP) is 3.64. The van der Waals surface area contributed by atoms with Gasteiger partial charge in [-0.25, -0.2) is 0 Å². The van der Waals surface area contributed by atoms with Crippen molar-refractivity contribution in [1.29, 1.82) is 0 Å². The zero-order valence-electron chi connectivity index (χ0n) is 12.2. The van der Waals surface area contributed by atoms with Crippen LogP contribution in [-0.2, 0) is 20.4 Å². The average molecular weight is 300 g/mol. The van der Waals surface area contributed by atoms with E-state index >= 15 is 0 Å². The molecule has 5 heteroatoms. The fourth-order valence-corrected chi connectivity index (χ4v) is 3.15. The molecule has 1 aromatic rings. The number of aliphatic hydroxyl groups is 1. The van der Waals surface area contributed by atoms with Gasteiger partial charge in [-0.1, -0.05) is 43.7 Å². The van der Waals surface area contributed by atoms with Crippen molar-refractivity contribution in [3.05, 3.63) is 35.9 Å². The summed E-state index contributed by atoms with van der Waals surface area (Å²) in [5.74, 6) is 0. The number of ether oxygens (including phenoxy) is 1. The Hall–Kier alpha value is -0.670. The van der Waals surface area contributed by atoms with Gasteiger partial charge in [0, 0.05) is 12.8 Å². The van der Waals surface area contributed by atoms with Crippen molar-refractivity contribution in [1.82, 2.24) is 0 Å². The van der Waals surface area contributed by atoms with Crippen LogP contribution in [0.2, 0.25) is 0 Å². The number of aliphatic hydroxyl groups excluding tert-OH is 1. The Labute approximate surface area is 121 Å². The summed E-state index contributed by atoms with van der Waals surface area (Å²) in [7, 11) is -2.87. The lowest BCUT2D eigenvalue weighted by Gasteiger charge is -2.16. The average Bonchev–Trinajstić information content (AvgIpc) is 2.48. The van der Waals surface area contributed by atoms with Crippen LogP contribution in [0.15, 0.2) is 30.3 Å². The molecule has 0 radical (unpaired) electrons. The summed E-state index contributed by atoms with van der Waals surface area (Å²) in [5, 5.41) is 9.19. The van der Waals surface area contributed by atoms with Crippen molar-refractivity contribution < 1.29 is 18.9 Å².